The standard InChI is InChI=1S/C7H8ClNO/c1-5-6(2-8)3-9-4-7(5)10/h3-4,10H,2H2,1H3. The van der Waals surface area contributed by atoms with Gasteiger partial charge in [0, 0.05) is 12.1 Å². The molecule has 0 fully saturated rings. The molecular weight excluding hydrogens is 150 g/mol. The smallest absolute Gasteiger partial charge is 0.137 e. The van der Waals surface area contributed by atoms with Crippen LogP contribution in [-0.4, -0.2) is 10.1 Å². The van der Waals surface area contributed by atoms with E-state index in [1.807, 2.05) is 6.92 Å². The minimum atomic E-state index is 0.207. The third-order valence-corrected chi connectivity index (χ3v) is 1.72. The summed E-state index contributed by atoms with van der Waals surface area (Å²) in [5.74, 6) is 0.603. The van der Waals surface area contributed by atoms with Crippen LogP contribution in [0.1, 0.15) is 11.1 Å². The number of alkyl halides is 1. The van der Waals surface area contributed by atoms with Crippen molar-refractivity contribution in [2.75, 3.05) is 0 Å². The number of aromatic hydroxyl groups is 1. The van der Waals surface area contributed by atoms with E-state index in [2.05, 4.69) is 4.98 Å². The summed E-state index contributed by atoms with van der Waals surface area (Å²) < 4.78 is 0. The molecule has 0 bridgehead atoms. The van der Waals surface area contributed by atoms with Crippen LogP contribution in [0.2, 0.25) is 0 Å². The lowest BCUT2D eigenvalue weighted by atomic mass is 10.2. The van der Waals surface area contributed by atoms with Crippen molar-refractivity contribution in [2.45, 2.75) is 12.8 Å². The number of rotatable bonds is 1. The van der Waals surface area contributed by atoms with Crippen molar-refractivity contribution in [3.63, 3.8) is 0 Å². The second-order valence-corrected chi connectivity index (χ2v) is 2.34. The third-order valence-electron chi connectivity index (χ3n) is 1.44. The van der Waals surface area contributed by atoms with E-state index in [-0.39, 0.29) is 5.75 Å². The Morgan fingerprint density at radius 2 is 2.30 bits per heavy atom. The van der Waals surface area contributed by atoms with Gasteiger partial charge in [-0.1, -0.05) is 0 Å². The van der Waals surface area contributed by atoms with E-state index in [0.29, 0.717) is 5.88 Å². The van der Waals surface area contributed by atoms with Gasteiger partial charge in [-0.15, -0.1) is 11.6 Å². The second-order valence-electron chi connectivity index (χ2n) is 2.08. The maximum absolute atomic E-state index is 9.11. The van der Waals surface area contributed by atoms with Gasteiger partial charge in [0.2, 0.25) is 0 Å². The largest absolute Gasteiger partial charge is 0.506 e. The minimum Gasteiger partial charge on any atom is -0.506 e. The highest BCUT2D eigenvalue weighted by Crippen LogP contribution is 2.18. The van der Waals surface area contributed by atoms with Gasteiger partial charge in [-0.3, -0.25) is 4.98 Å². The molecule has 0 saturated carbocycles. The maximum atomic E-state index is 9.11. The first-order chi connectivity index (χ1) is 4.75. The molecule has 54 valence electrons. The molecule has 0 radical (unpaired) electrons. The highest BCUT2D eigenvalue weighted by molar-refractivity contribution is 6.17. The van der Waals surface area contributed by atoms with Gasteiger partial charge in [0.25, 0.3) is 0 Å². The fourth-order valence-corrected chi connectivity index (χ4v) is 0.960. The lowest BCUT2D eigenvalue weighted by Crippen LogP contribution is -1.86. The van der Waals surface area contributed by atoms with Crippen LogP contribution in [0.3, 0.4) is 0 Å². The van der Waals surface area contributed by atoms with Crippen molar-refractivity contribution in [2.24, 2.45) is 0 Å². The normalized spacial score (nSPS) is 9.80. The Morgan fingerprint density at radius 3 is 2.80 bits per heavy atom. The summed E-state index contributed by atoms with van der Waals surface area (Å²) in [6.45, 7) is 1.81. The molecule has 0 aliphatic carbocycles. The summed E-state index contributed by atoms with van der Waals surface area (Å²) in [6.07, 6.45) is 3.06. The quantitative estimate of drug-likeness (QED) is 0.631. The van der Waals surface area contributed by atoms with E-state index in [9.17, 15) is 0 Å². The van der Waals surface area contributed by atoms with Crippen LogP contribution in [0, 0.1) is 6.92 Å². The first-order valence-electron chi connectivity index (χ1n) is 2.94. The zero-order chi connectivity index (χ0) is 7.56. The Kier molecular flexibility index (Phi) is 2.12. The summed E-state index contributed by atoms with van der Waals surface area (Å²) in [4.78, 5) is 3.78. The van der Waals surface area contributed by atoms with Crippen LogP contribution in [0.5, 0.6) is 5.75 Å². The third kappa shape index (κ3) is 1.21. The van der Waals surface area contributed by atoms with Crippen LogP contribution in [0.25, 0.3) is 0 Å². The van der Waals surface area contributed by atoms with Crippen molar-refractivity contribution >= 4 is 11.6 Å². The van der Waals surface area contributed by atoms with Gasteiger partial charge in [0.1, 0.15) is 5.75 Å². The molecule has 1 N–H and O–H groups in total. The van der Waals surface area contributed by atoms with E-state index in [1.165, 1.54) is 6.20 Å². The van der Waals surface area contributed by atoms with E-state index >= 15 is 0 Å². The molecule has 0 atom stereocenters. The lowest BCUT2D eigenvalue weighted by Gasteiger charge is -2.01. The minimum absolute atomic E-state index is 0.207. The first-order valence-corrected chi connectivity index (χ1v) is 3.47. The Morgan fingerprint density at radius 1 is 1.60 bits per heavy atom. The molecular formula is C7H8ClNO. The van der Waals surface area contributed by atoms with Crippen LogP contribution in [0.4, 0.5) is 0 Å². The van der Waals surface area contributed by atoms with Crippen LogP contribution in [0.15, 0.2) is 12.4 Å². The number of hydrogen-bond donors (Lipinski definition) is 1. The molecule has 1 rings (SSSR count). The molecule has 0 aliphatic rings. The summed E-state index contributed by atoms with van der Waals surface area (Å²) in [6, 6.07) is 0. The van der Waals surface area contributed by atoms with Crippen molar-refractivity contribution < 1.29 is 5.11 Å². The van der Waals surface area contributed by atoms with Gasteiger partial charge >= 0.3 is 0 Å². The number of hydrogen-bond acceptors (Lipinski definition) is 2. The number of halogens is 1. The molecule has 0 saturated heterocycles. The van der Waals surface area contributed by atoms with Crippen molar-refractivity contribution in [3.8, 4) is 5.75 Å². The summed E-state index contributed by atoms with van der Waals surface area (Å²) in [5.41, 5.74) is 1.69. The average Bonchev–Trinajstić information content (AvgIpc) is 1.95. The van der Waals surface area contributed by atoms with Gasteiger partial charge < -0.3 is 5.11 Å². The summed E-state index contributed by atoms with van der Waals surface area (Å²) in [7, 11) is 0. The van der Waals surface area contributed by atoms with E-state index in [0.717, 1.165) is 11.1 Å². The molecule has 2 nitrogen and oxygen atoms in total. The second kappa shape index (κ2) is 2.88. The molecule has 0 aliphatic heterocycles. The van der Waals surface area contributed by atoms with Gasteiger partial charge in [-0.05, 0) is 18.1 Å². The van der Waals surface area contributed by atoms with E-state index < -0.39 is 0 Å². The molecule has 1 aromatic heterocycles. The molecule has 0 aromatic carbocycles. The zero-order valence-corrected chi connectivity index (χ0v) is 6.39. The maximum Gasteiger partial charge on any atom is 0.137 e. The van der Waals surface area contributed by atoms with Crippen molar-refractivity contribution in [1.29, 1.82) is 0 Å². The Bertz CT molecular complexity index is 237. The van der Waals surface area contributed by atoms with Gasteiger partial charge in [-0.25, -0.2) is 0 Å². The predicted molar refractivity (Wildman–Crippen MR) is 40.2 cm³/mol. The van der Waals surface area contributed by atoms with E-state index in [4.69, 9.17) is 16.7 Å². The molecule has 1 heterocycles. The summed E-state index contributed by atoms with van der Waals surface area (Å²) >= 11 is 5.55. The molecule has 10 heavy (non-hydrogen) atoms. The average molecular weight is 158 g/mol. The zero-order valence-electron chi connectivity index (χ0n) is 5.63. The Balaban J connectivity index is 3.14. The lowest BCUT2D eigenvalue weighted by molar-refractivity contribution is 0.467. The van der Waals surface area contributed by atoms with Gasteiger partial charge in [-0.2, -0.15) is 0 Å². The van der Waals surface area contributed by atoms with Crippen molar-refractivity contribution in [1.82, 2.24) is 4.98 Å². The van der Waals surface area contributed by atoms with Gasteiger partial charge in [0.15, 0.2) is 0 Å². The molecule has 1 aromatic rings. The number of nitrogens with zero attached hydrogens (tertiary/aromatic N) is 1. The van der Waals surface area contributed by atoms with Crippen LogP contribution < -0.4 is 0 Å². The SMILES string of the molecule is Cc1c(O)cncc1CCl. The molecule has 3 heteroatoms. The fraction of sp³-hybridized carbons (Fsp3) is 0.286. The Hall–Kier alpha value is -0.760. The number of aromatic nitrogens is 1. The molecule has 0 amide bonds. The van der Waals surface area contributed by atoms with E-state index in [1.54, 1.807) is 6.20 Å². The molecule has 0 spiro atoms. The predicted octanol–water partition coefficient (Wildman–Crippen LogP) is 1.83. The first kappa shape index (κ1) is 7.35. The van der Waals surface area contributed by atoms with Crippen LogP contribution in [-0.2, 0) is 5.88 Å². The molecule has 0 unspecified atom stereocenters. The highest BCUT2D eigenvalue weighted by atomic mass is 35.5. The monoisotopic (exact) mass is 157 g/mol. The highest BCUT2D eigenvalue weighted by Gasteiger charge is 2.00. The van der Waals surface area contributed by atoms with Gasteiger partial charge in [0.05, 0.1) is 6.20 Å². The van der Waals surface area contributed by atoms with Crippen LogP contribution >= 0.6 is 11.6 Å². The fourth-order valence-electron chi connectivity index (χ4n) is 0.691. The Labute approximate surface area is 64.5 Å². The summed E-state index contributed by atoms with van der Waals surface area (Å²) in [5, 5.41) is 9.11. The topological polar surface area (TPSA) is 33.1 Å². The number of pyridine rings is 1. The van der Waals surface area contributed by atoms with Crippen molar-refractivity contribution in [3.05, 3.63) is 23.5 Å².